The van der Waals surface area contributed by atoms with Crippen molar-refractivity contribution >= 4 is 22.6 Å². The molecule has 3 nitrogen and oxygen atoms in total. The van der Waals surface area contributed by atoms with Gasteiger partial charge in [0.05, 0.1) is 7.11 Å². The molecule has 1 atom stereocenters. The normalized spacial score (nSPS) is 19.1. The third kappa shape index (κ3) is 1.75. The molecule has 0 unspecified atom stereocenters. The summed E-state index contributed by atoms with van der Waals surface area (Å²) in [6, 6.07) is 5.67. The van der Waals surface area contributed by atoms with Crippen LogP contribution in [0.5, 0.6) is 17.2 Å². The van der Waals surface area contributed by atoms with Crippen LogP contribution in [-0.2, 0) is 0 Å². The van der Waals surface area contributed by atoms with Crippen molar-refractivity contribution < 1.29 is 14.2 Å². The van der Waals surface area contributed by atoms with E-state index in [1.165, 1.54) is 0 Å². The molecule has 0 aromatic heterocycles. The zero-order valence-corrected chi connectivity index (χ0v) is 9.98. The summed E-state index contributed by atoms with van der Waals surface area (Å²) in [5.74, 6) is 2.22. The van der Waals surface area contributed by atoms with Gasteiger partial charge in [0.2, 0.25) is 5.75 Å². The van der Waals surface area contributed by atoms with Crippen LogP contribution < -0.4 is 14.2 Å². The van der Waals surface area contributed by atoms with Gasteiger partial charge in [0.1, 0.15) is 12.7 Å². The number of rotatable bonds is 2. The summed E-state index contributed by atoms with van der Waals surface area (Å²) < 4.78 is 17.4. The molecule has 1 heterocycles. The molecule has 0 amide bonds. The zero-order valence-electron chi connectivity index (χ0n) is 7.83. The minimum absolute atomic E-state index is 0.148. The average Bonchev–Trinajstić information content (AvgIpc) is 2.27. The van der Waals surface area contributed by atoms with Crippen molar-refractivity contribution in [1.29, 1.82) is 0 Å². The molecular formula is C10H11IO3. The molecule has 1 aromatic rings. The molecule has 0 N–H and O–H groups in total. The quantitative estimate of drug-likeness (QED) is 0.620. The largest absolute Gasteiger partial charge is 0.493 e. The summed E-state index contributed by atoms with van der Waals surface area (Å²) in [7, 11) is 1.63. The molecule has 0 fully saturated rings. The first kappa shape index (κ1) is 9.89. The fourth-order valence-electron chi connectivity index (χ4n) is 1.36. The summed E-state index contributed by atoms with van der Waals surface area (Å²) in [6.45, 7) is 0.594. The fourth-order valence-corrected chi connectivity index (χ4v) is 1.79. The summed E-state index contributed by atoms with van der Waals surface area (Å²) in [6.07, 6.45) is 0.148. The molecule has 1 aliphatic heterocycles. The first-order valence-electron chi connectivity index (χ1n) is 4.37. The molecule has 0 saturated carbocycles. The van der Waals surface area contributed by atoms with Crippen molar-refractivity contribution in [3.63, 3.8) is 0 Å². The Kier molecular flexibility index (Phi) is 3.00. The average molecular weight is 306 g/mol. The number of hydrogen-bond donors (Lipinski definition) is 0. The Balaban J connectivity index is 2.30. The molecule has 0 bridgehead atoms. The van der Waals surface area contributed by atoms with E-state index < -0.39 is 0 Å². The molecule has 0 spiro atoms. The van der Waals surface area contributed by atoms with E-state index in [4.69, 9.17) is 14.2 Å². The molecule has 1 aliphatic rings. The van der Waals surface area contributed by atoms with Crippen LogP contribution in [0.25, 0.3) is 0 Å². The second kappa shape index (κ2) is 4.25. The van der Waals surface area contributed by atoms with E-state index in [1.54, 1.807) is 7.11 Å². The summed E-state index contributed by atoms with van der Waals surface area (Å²) in [5.41, 5.74) is 0. The second-order valence-corrected chi connectivity index (χ2v) is 3.87. The van der Waals surface area contributed by atoms with Gasteiger partial charge in [0.25, 0.3) is 0 Å². The predicted octanol–water partition coefficient (Wildman–Crippen LogP) is 2.27. The van der Waals surface area contributed by atoms with Crippen LogP contribution in [0.15, 0.2) is 18.2 Å². The Hall–Kier alpha value is -0.650. The van der Waals surface area contributed by atoms with Crippen molar-refractivity contribution in [3.8, 4) is 17.2 Å². The molecule has 0 saturated heterocycles. The van der Waals surface area contributed by atoms with E-state index in [0.717, 1.165) is 21.7 Å². The van der Waals surface area contributed by atoms with E-state index >= 15 is 0 Å². The minimum atomic E-state index is 0.148. The first-order chi connectivity index (χ1) is 6.85. The number of fused-ring (bicyclic) bond motifs is 1. The summed E-state index contributed by atoms with van der Waals surface area (Å²) in [4.78, 5) is 0. The number of benzene rings is 1. The van der Waals surface area contributed by atoms with Crippen LogP contribution in [-0.4, -0.2) is 24.2 Å². The van der Waals surface area contributed by atoms with Gasteiger partial charge in [-0.05, 0) is 12.1 Å². The first-order valence-corrected chi connectivity index (χ1v) is 5.90. The zero-order chi connectivity index (χ0) is 9.97. The molecule has 1 aromatic carbocycles. The number of hydrogen-bond acceptors (Lipinski definition) is 3. The predicted molar refractivity (Wildman–Crippen MR) is 61.8 cm³/mol. The van der Waals surface area contributed by atoms with E-state index in [-0.39, 0.29) is 6.10 Å². The van der Waals surface area contributed by atoms with Gasteiger partial charge in [-0.1, -0.05) is 28.7 Å². The van der Waals surface area contributed by atoms with Crippen molar-refractivity contribution in [2.75, 3.05) is 18.1 Å². The van der Waals surface area contributed by atoms with Crippen LogP contribution in [0.1, 0.15) is 0 Å². The topological polar surface area (TPSA) is 27.7 Å². The molecule has 2 rings (SSSR count). The number of para-hydroxylation sites is 1. The molecule has 0 radical (unpaired) electrons. The summed E-state index contributed by atoms with van der Waals surface area (Å²) in [5, 5.41) is 0. The van der Waals surface area contributed by atoms with Gasteiger partial charge in [-0.3, -0.25) is 0 Å². The highest BCUT2D eigenvalue weighted by molar-refractivity contribution is 14.1. The van der Waals surface area contributed by atoms with Gasteiger partial charge >= 0.3 is 0 Å². The Morgan fingerprint density at radius 2 is 2.43 bits per heavy atom. The lowest BCUT2D eigenvalue weighted by atomic mass is 10.2. The molecular weight excluding hydrogens is 295 g/mol. The lowest BCUT2D eigenvalue weighted by Gasteiger charge is -2.26. The van der Waals surface area contributed by atoms with Crippen LogP contribution >= 0.6 is 22.6 Å². The number of methoxy groups -OCH3 is 1. The maximum absolute atomic E-state index is 5.71. The third-order valence-electron chi connectivity index (χ3n) is 2.04. The Labute approximate surface area is 96.5 Å². The van der Waals surface area contributed by atoms with Gasteiger partial charge < -0.3 is 14.2 Å². The van der Waals surface area contributed by atoms with Crippen LogP contribution in [0.3, 0.4) is 0 Å². The van der Waals surface area contributed by atoms with E-state index in [2.05, 4.69) is 22.6 Å². The van der Waals surface area contributed by atoms with E-state index in [1.807, 2.05) is 18.2 Å². The monoisotopic (exact) mass is 306 g/mol. The van der Waals surface area contributed by atoms with E-state index in [9.17, 15) is 0 Å². The highest BCUT2D eigenvalue weighted by Crippen LogP contribution is 2.39. The van der Waals surface area contributed by atoms with Crippen LogP contribution in [0.2, 0.25) is 0 Å². The van der Waals surface area contributed by atoms with Crippen molar-refractivity contribution in [2.24, 2.45) is 0 Å². The van der Waals surface area contributed by atoms with E-state index in [0.29, 0.717) is 6.61 Å². The maximum Gasteiger partial charge on any atom is 0.203 e. The van der Waals surface area contributed by atoms with Gasteiger partial charge in [-0.25, -0.2) is 0 Å². The minimum Gasteiger partial charge on any atom is -0.493 e. The van der Waals surface area contributed by atoms with Crippen LogP contribution in [0, 0.1) is 0 Å². The Morgan fingerprint density at radius 1 is 1.57 bits per heavy atom. The number of ether oxygens (including phenoxy) is 3. The van der Waals surface area contributed by atoms with Crippen LogP contribution in [0.4, 0.5) is 0 Å². The lowest BCUT2D eigenvalue weighted by molar-refractivity contribution is 0.105. The number of halogens is 1. The van der Waals surface area contributed by atoms with Gasteiger partial charge in [-0.15, -0.1) is 0 Å². The fraction of sp³-hybridized carbons (Fsp3) is 0.400. The van der Waals surface area contributed by atoms with Crippen molar-refractivity contribution in [3.05, 3.63) is 18.2 Å². The SMILES string of the molecule is COc1cccc2c1OC[C@@H](CI)O2. The molecule has 4 heteroatoms. The van der Waals surface area contributed by atoms with Gasteiger partial charge in [0.15, 0.2) is 11.5 Å². The lowest BCUT2D eigenvalue weighted by Crippen LogP contribution is -2.30. The Bertz CT molecular complexity index is 327. The third-order valence-corrected chi connectivity index (χ3v) is 3.02. The van der Waals surface area contributed by atoms with Gasteiger partial charge in [-0.2, -0.15) is 0 Å². The standard InChI is InChI=1S/C10H11IO3/c1-12-8-3-2-4-9-10(8)13-6-7(5-11)14-9/h2-4,7H,5-6H2,1H3/t7-/m1/s1. The maximum atomic E-state index is 5.71. The molecule has 14 heavy (non-hydrogen) atoms. The second-order valence-electron chi connectivity index (χ2n) is 2.99. The summed E-state index contributed by atoms with van der Waals surface area (Å²) >= 11 is 2.29. The van der Waals surface area contributed by atoms with Gasteiger partial charge in [0, 0.05) is 4.43 Å². The smallest absolute Gasteiger partial charge is 0.203 e. The highest BCUT2D eigenvalue weighted by atomic mass is 127. The Morgan fingerprint density at radius 3 is 3.14 bits per heavy atom. The van der Waals surface area contributed by atoms with Crippen molar-refractivity contribution in [1.82, 2.24) is 0 Å². The van der Waals surface area contributed by atoms with Crippen molar-refractivity contribution in [2.45, 2.75) is 6.10 Å². The number of alkyl halides is 1. The molecule has 0 aliphatic carbocycles. The highest BCUT2D eigenvalue weighted by Gasteiger charge is 2.22. The molecule has 76 valence electrons.